The lowest BCUT2D eigenvalue weighted by atomic mass is 10.1. The van der Waals surface area contributed by atoms with E-state index in [4.69, 9.17) is 10.6 Å². The van der Waals surface area contributed by atoms with Gasteiger partial charge >= 0.3 is 0 Å². The molecule has 0 fully saturated rings. The number of hydrazine groups is 1. The normalized spacial score (nSPS) is 12.2. The maximum absolute atomic E-state index is 13.2. The van der Waals surface area contributed by atoms with E-state index in [1.54, 1.807) is 0 Å². The standard InChI is InChI=1S/C10H17FN4O/c1-3-4-7(2)6-16-9-8(11)5-13-10(14-9)15-12/h5,7H,3-4,6,12H2,1-2H3,(H,13,14,15). The number of rotatable bonds is 6. The topological polar surface area (TPSA) is 73.1 Å². The third-order valence-electron chi connectivity index (χ3n) is 2.13. The van der Waals surface area contributed by atoms with Gasteiger partial charge in [0.2, 0.25) is 11.8 Å². The van der Waals surface area contributed by atoms with Crippen molar-refractivity contribution < 1.29 is 9.13 Å². The number of aromatic nitrogens is 2. The van der Waals surface area contributed by atoms with Crippen LogP contribution in [0.5, 0.6) is 5.88 Å². The summed E-state index contributed by atoms with van der Waals surface area (Å²) in [7, 11) is 0. The van der Waals surface area contributed by atoms with Gasteiger partial charge in [0, 0.05) is 0 Å². The molecular weight excluding hydrogens is 211 g/mol. The molecule has 6 heteroatoms. The highest BCUT2D eigenvalue weighted by atomic mass is 19.1. The molecule has 5 nitrogen and oxygen atoms in total. The van der Waals surface area contributed by atoms with Crippen LogP contribution < -0.4 is 16.0 Å². The van der Waals surface area contributed by atoms with Crippen molar-refractivity contribution in [2.75, 3.05) is 12.0 Å². The molecule has 90 valence electrons. The van der Waals surface area contributed by atoms with Crippen LogP contribution in [0.3, 0.4) is 0 Å². The van der Waals surface area contributed by atoms with Gasteiger partial charge < -0.3 is 4.74 Å². The highest BCUT2D eigenvalue weighted by Gasteiger charge is 2.09. The van der Waals surface area contributed by atoms with Crippen molar-refractivity contribution in [2.45, 2.75) is 26.7 Å². The fraction of sp³-hybridized carbons (Fsp3) is 0.600. The molecule has 0 spiro atoms. The van der Waals surface area contributed by atoms with Crippen LogP contribution >= 0.6 is 0 Å². The van der Waals surface area contributed by atoms with Crippen LogP contribution in [0.4, 0.5) is 10.3 Å². The molecule has 16 heavy (non-hydrogen) atoms. The second-order valence-electron chi connectivity index (χ2n) is 3.70. The van der Waals surface area contributed by atoms with Gasteiger partial charge in [-0.15, -0.1) is 0 Å². The molecule has 0 aliphatic heterocycles. The second kappa shape index (κ2) is 6.22. The van der Waals surface area contributed by atoms with Gasteiger partial charge in [0.05, 0.1) is 12.8 Å². The number of hydrogen-bond acceptors (Lipinski definition) is 5. The Hall–Kier alpha value is -1.43. The van der Waals surface area contributed by atoms with Crippen molar-refractivity contribution in [3.63, 3.8) is 0 Å². The van der Waals surface area contributed by atoms with Crippen LogP contribution in [-0.2, 0) is 0 Å². The Kier molecular flexibility index (Phi) is 4.91. The van der Waals surface area contributed by atoms with Gasteiger partial charge in [0.1, 0.15) is 0 Å². The Morgan fingerprint density at radius 3 is 3.00 bits per heavy atom. The smallest absolute Gasteiger partial charge is 0.255 e. The average Bonchev–Trinajstić information content (AvgIpc) is 2.28. The number of hydrogen-bond donors (Lipinski definition) is 2. The van der Waals surface area contributed by atoms with E-state index in [2.05, 4.69) is 22.3 Å². The predicted molar refractivity (Wildman–Crippen MR) is 59.4 cm³/mol. The van der Waals surface area contributed by atoms with Crippen LogP contribution in [0.25, 0.3) is 0 Å². The summed E-state index contributed by atoms with van der Waals surface area (Å²) in [6, 6.07) is 0. The van der Waals surface area contributed by atoms with Gasteiger partial charge in [-0.25, -0.2) is 10.8 Å². The Bertz CT molecular complexity index is 335. The number of nitrogens with one attached hydrogen (secondary N) is 1. The Balaban J connectivity index is 2.58. The number of nitrogens with two attached hydrogens (primary N) is 1. The first-order valence-electron chi connectivity index (χ1n) is 5.29. The Morgan fingerprint density at radius 2 is 2.38 bits per heavy atom. The van der Waals surface area contributed by atoms with Gasteiger partial charge in [0.15, 0.2) is 0 Å². The molecule has 1 aromatic rings. The Morgan fingerprint density at radius 1 is 1.62 bits per heavy atom. The van der Waals surface area contributed by atoms with Gasteiger partial charge in [-0.2, -0.15) is 9.37 Å². The number of ether oxygens (including phenoxy) is 1. The minimum Gasteiger partial charge on any atom is -0.475 e. The molecule has 1 heterocycles. The van der Waals surface area contributed by atoms with Crippen molar-refractivity contribution >= 4 is 5.95 Å². The molecule has 0 aliphatic carbocycles. The van der Waals surface area contributed by atoms with E-state index < -0.39 is 5.82 Å². The molecule has 1 aromatic heterocycles. The molecule has 0 bridgehead atoms. The molecule has 1 atom stereocenters. The third kappa shape index (κ3) is 3.62. The predicted octanol–water partition coefficient (Wildman–Crippen LogP) is 1.72. The molecule has 0 radical (unpaired) electrons. The maximum atomic E-state index is 13.2. The first-order valence-corrected chi connectivity index (χ1v) is 5.29. The second-order valence-corrected chi connectivity index (χ2v) is 3.70. The van der Waals surface area contributed by atoms with Gasteiger partial charge in [0.25, 0.3) is 5.88 Å². The van der Waals surface area contributed by atoms with Gasteiger partial charge in [-0.05, 0) is 12.3 Å². The van der Waals surface area contributed by atoms with E-state index in [1.165, 1.54) is 0 Å². The summed E-state index contributed by atoms with van der Waals surface area (Å²) in [5.74, 6) is 4.98. The van der Waals surface area contributed by atoms with Crippen LogP contribution in [-0.4, -0.2) is 16.6 Å². The molecule has 1 unspecified atom stereocenters. The largest absolute Gasteiger partial charge is 0.475 e. The summed E-state index contributed by atoms with van der Waals surface area (Å²) in [6.45, 7) is 4.58. The quantitative estimate of drug-likeness (QED) is 0.573. The van der Waals surface area contributed by atoms with Crippen molar-refractivity contribution in [1.29, 1.82) is 0 Å². The van der Waals surface area contributed by atoms with Crippen LogP contribution in [0.2, 0.25) is 0 Å². The lowest BCUT2D eigenvalue weighted by molar-refractivity contribution is 0.232. The first kappa shape index (κ1) is 12.6. The average molecular weight is 228 g/mol. The minimum absolute atomic E-state index is 0.0640. The van der Waals surface area contributed by atoms with Crippen LogP contribution in [0, 0.1) is 11.7 Å². The maximum Gasteiger partial charge on any atom is 0.255 e. The molecule has 1 rings (SSSR count). The summed E-state index contributed by atoms with van der Waals surface area (Å²) in [5, 5.41) is 0. The number of halogens is 1. The molecule has 0 saturated heterocycles. The SMILES string of the molecule is CCCC(C)COc1nc(NN)ncc1F. The van der Waals surface area contributed by atoms with Crippen LogP contribution in [0.1, 0.15) is 26.7 Å². The Labute approximate surface area is 94.2 Å². The monoisotopic (exact) mass is 228 g/mol. The zero-order valence-corrected chi connectivity index (χ0v) is 9.53. The molecular formula is C10H17FN4O. The zero-order chi connectivity index (χ0) is 12.0. The van der Waals surface area contributed by atoms with E-state index in [0.717, 1.165) is 19.0 Å². The summed E-state index contributed by atoms with van der Waals surface area (Å²) < 4.78 is 18.5. The van der Waals surface area contributed by atoms with Gasteiger partial charge in [-0.1, -0.05) is 20.3 Å². The fourth-order valence-electron chi connectivity index (χ4n) is 1.32. The third-order valence-corrected chi connectivity index (χ3v) is 2.13. The van der Waals surface area contributed by atoms with Crippen molar-refractivity contribution in [1.82, 2.24) is 9.97 Å². The van der Waals surface area contributed by atoms with Crippen molar-refractivity contribution in [3.8, 4) is 5.88 Å². The number of nitrogens with zero attached hydrogens (tertiary/aromatic N) is 2. The van der Waals surface area contributed by atoms with E-state index in [1.807, 2.05) is 6.92 Å². The highest BCUT2D eigenvalue weighted by molar-refractivity contribution is 5.26. The molecule has 0 aromatic carbocycles. The zero-order valence-electron chi connectivity index (χ0n) is 9.53. The van der Waals surface area contributed by atoms with Crippen molar-refractivity contribution in [3.05, 3.63) is 12.0 Å². The number of anilines is 1. The van der Waals surface area contributed by atoms with E-state index in [-0.39, 0.29) is 11.8 Å². The number of nitrogen functional groups attached to an aromatic ring is 1. The molecule has 0 aliphatic rings. The van der Waals surface area contributed by atoms with E-state index in [0.29, 0.717) is 12.5 Å². The summed E-state index contributed by atoms with van der Waals surface area (Å²) in [4.78, 5) is 7.40. The van der Waals surface area contributed by atoms with E-state index in [9.17, 15) is 4.39 Å². The highest BCUT2D eigenvalue weighted by Crippen LogP contribution is 2.15. The lowest BCUT2D eigenvalue weighted by Gasteiger charge is -2.12. The molecule has 0 saturated carbocycles. The summed E-state index contributed by atoms with van der Waals surface area (Å²) in [5.41, 5.74) is 2.24. The summed E-state index contributed by atoms with van der Waals surface area (Å²) in [6.07, 6.45) is 3.14. The van der Waals surface area contributed by atoms with Crippen molar-refractivity contribution in [2.24, 2.45) is 11.8 Å². The first-order chi connectivity index (χ1) is 7.67. The minimum atomic E-state index is -0.581. The van der Waals surface area contributed by atoms with Gasteiger partial charge in [-0.3, -0.25) is 5.43 Å². The lowest BCUT2D eigenvalue weighted by Crippen LogP contribution is -2.14. The van der Waals surface area contributed by atoms with E-state index >= 15 is 0 Å². The van der Waals surface area contributed by atoms with Crippen LogP contribution in [0.15, 0.2) is 6.20 Å². The summed E-state index contributed by atoms with van der Waals surface area (Å²) >= 11 is 0. The molecule has 3 N–H and O–H groups in total. The fourth-order valence-corrected chi connectivity index (χ4v) is 1.32. The molecule has 0 amide bonds.